The van der Waals surface area contributed by atoms with Crippen LogP contribution in [-0.4, -0.2) is 77.9 Å². The van der Waals surface area contributed by atoms with Crippen molar-refractivity contribution in [3.63, 3.8) is 0 Å². The van der Waals surface area contributed by atoms with Gasteiger partial charge in [-0.3, -0.25) is 9.69 Å². The summed E-state index contributed by atoms with van der Waals surface area (Å²) in [7, 11) is 0. The van der Waals surface area contributed by atoms with Crippen LogP contribution in [0.4, 0.5) is 8.78 Å². The lowest BCUT2D eigenvalue weighted by atomic mass is 9.85. The Balaban J connectivity index is 1.30. The molecule has 1 fully saturated rings. The van der Waals surface area contributed by atoms with Crippen molar-refractivity contribution in [1.82, 2.24) is 34.7 Å². The number of benzene rings is 2. The molecule has 4 aromatic rings. The van der Waals surface area contributed by atoms with Crippen LogP contribution in [-0.2, 0) is 12.1 Å². The Labute approximate surface area is 211 Å². The minimum atomic E-state index is -1.76. The SMILES string of the molecule is CC(N1CCN(C(=O)c2nc(-c3ccccc3)no2)CC1)C(O)(Cn1cncn1)c1ccc(F)cc1F. The molecule has 2 aromatic carbocycles. The number of amides is 1. The minimum absolute atomic E-state index is 0.0466. The summed E-state index contributed by atoms with van der Waals surface area (Å²) < 4.78 is 35.1. The summed E-state index contributed by atoms with van der Waals surface area (Å²) in [6.45, 7) is 3.13. The predicted octanol–water partition coefficient (Wildman–Crippen LogP) is 2.34. The number of carbonyl (C=O) groups is 1. The average Bonchev–Trinajstić information content (AvgIpc) is 3.61. The van der Waals surface area contributed by atoms with Crippen LogP contribution in [0.5, 0.6) is 0 Å². The third-order valence-corrected chi connectivity index (χ3v) is 6.75. The maximum Gasteiger partial charge on any atom is 0.316 e. The van der Waals surface area contributed by atoms with Gasteiger partial charge in [-0.05, 0) is 13.0 Å². The second-order valence-electron chi connectivity index (χ2n) is 8.93. The number of hydrogen-bond donors (Lipinski definition) is 1. The van der Waals surface area contributed by atoms with Gasteiger partial charge in [-0.15, -0.1) is 0 Å². The fraction of sp³-hybridized carbons (Fsp3) is 0.320. The van der Waals surface area contributed by atoms with E-state index in [1.165, 1.54) is 23.4 Å². The Bertz CT molecular complexity index is 1360. The Hall–Kier alpha value is -4.03. The van der Waals surface area contributed by atoms with Crippen molar-refractivity contribution in [2.45, 2.75) is 25.1 Å². The standard InChI is InChI=1S/C25H25F2N7O3/c1-17(25(36,14-34-16-28-15-29-34)20-8-7-19(26)13-21(20)27)32-9-11-33(12-10-32)24(35)23-30-22(31-37-23)18-5-3-2-4-6-18/h2-8,13,15-17,36H,9-12,14H2,1H3. The third-order valence-electron chi connectivity index (χ3n) is 6.75. The molecule has 0 saturated carbocycles. The Kier molecular flexibility index (Phi) is 6.76. The molecule has 10 nitrogen and oxygen atoms in total. The molecule has 192 valence electrons. The van der Waals surface area contributed by atoms with Crippen molar-refractivity contribution in [3.05, 3.63) is 84.3 Å². The zero-order valence-corrected chi connectivity index (χ0v) is 20.0. The van der Waals surface area contributed by atoms with E-state index in [0.29, 0.717) is 32.0 Å². The quantitative estimate of drug-likeness (QED) is 0.404. The lowest BCUT2D eigenvalue weighted by Crippen LogP contribution is -2.58. The monoisotopic (exact) mass is 509 g/mol. The fourth-order valence-corrected chi connectivity index (χ4v) is 4.61. The fourth-order valence-electron chi connectivity index (χ4n) is 4.61. The maximum absolute atomic E-state index is 14.8. The van der Waals surface area contributed by atoms with Crippen molar-refractivity contribution >= 4 is 5.91 Å². The number of hydrogen-bond acceptors (Lipinski definition) is 8. The average molecular weight is 510 g/mol. The van der Waals surface area contributed by atoms with E-state index in [0.717, 1.165) is 17.7 Å². The molecule has 0 bridgehead atoms. The van der Waals surface area contributed by atoms with Crippen molar-refractivity contribution < 1.29 is 23.2 Å². The number of piperazine rings is 1. The molecule has 12 heteroatoms. The van der Waals surface area contributed by atoms with E-state index >= 15 is 0 Å². The van der Waals surface area contributed by atoms with Gasteiger partial charge in [-0.2, -0.15) is 10.1 Å². The summed E-state index contributed by atoms with van der Waals surface area (Å²) in [5.74, 6) is -1.74. The number of rotatable bonds is 7. The van der Waals surface area contributed by atoms with E-state index in [1.54, 1.807) is 11.8 Å². The van der Waals surface area contributed by atoms with Crippen LogP contribution >= 0.6 is 0 Å². The van der Waals surface area contributed by atoms with Gasteiger partial charge in [0.1, 0.15) is 29.9 Å². The van der Waals surface area contributed by atoms with Crippen LogP contribution in [0.1, 0.15) is 23.2 Å². The first kappa shape index (κ1) is 24.7. The highest BCUT2D eigenvalue weighted by Crippen LogP contribution is 2.33. The molecule has 1 aliphatic heterocycles. The van der Waals surface area contributed by atoms with Gasteiger partial charge >= 0.3 is 11.8 Å². The summed E-state index contributed by atoms with van der Waals surface area (Å²) in [6, 6.07) is 11.7. The minimum Gasteiger partial charge on any atom is -0.381 e. The van der Waals surface area contributed by atoms with E-state index < -0.39 is 23.3 Å². The van der Waals surface area contributed by atoms with E-state index in [1.807, 2.05) is 35.2 Å². The molecule has 2 atom stereocenters. The van der Waals surface area contributed by atoms with E-state index in [2.05, 4.69) is 20.2 Å². The highest BCUT2D eigenvalue weighted by atomic mass is 19.1. The van der Waals surface area contributed by atoms with Gasteiger partial charge in [0.25, 0.3) is 0 Å². The number of aromatic nitrogens is 5. The first-order valence-electron chi connectivity index (χ1n) is 11.8. The van der Waals surface area contributed by atoms with Gasteiger partial charge in [0.15, 0.2) is 0 Å². The van der Waals surface area contributed by atoms with Crippen LogP contribution in [0.3, 0.4) is 0 Å². The van der Waals surface area contributed by atoms with Crippen LogP contribution in [0, 0.1) is 11.6 Å². The molecule has 1 amide bonds. The van der Waals surface area contributed by atoms with Crippen LogP contribution in [0.2, 0.25) is 0 Å². The van der Waals surface area contributed by atoms with Crippen molar-refractivity contribution in [2.75, 3.05) is 26.2 Å². The van der Waals surface area contributed by atoms with Crippen molar-refractivity contribution in [1.29, 1.82) is 0 Å². The van der Waals surface area contributed by atoms with E-state index in [-0.39, 0.29) is 23.9 Å². The normalized spacial score (nSPS) is 16.9. The molecule has 0 radical (unpaired) electrons. The molecular weight excluding hydrogens is 484 g/mol. The second kappa shape index (κ2) is 10.1. The van der Waals surface area contributed by atoms with Crippen molar-refractivity contribution in [2.24, 2.45) is 0 Å². The molecular formula is C25H25F2N7O3. The van der Waals surface area contributed by atoms with Crippen molar-refractivity contribution in [3.8, 4) is 11.4 Å². The summed E-state index contributed by atoms with van der Waals surface area (Å²) in [5, 5.41) is 19.8. The van der Waals surface area contributed by atoms with Gasteiger partial charge in [0.05, 0.1) is 6.54 Å². The van der Waals surface area contributed by atoms with Gasteiger partial charge in [0, 0.05) is 49.4 Å². The molecule has 1 aliphatic rings. The molecule has 1 N–H and O–H groups in total. The van der Waals surface area contributed by atoms with Crippen LogP contribution in [0.25, 0.3) is 11.4 Å². The van der Waals surface area contributed by atoms with E-state index in [4.69, 9.17) is 4.52 Å². The molecule has 2 unspecified atom stereocenters. The summed E-state index contributed by atoms with van der Waals surface area (Å²) >= 11 is 0. The summed E-state index contributed by atoms with van der Waals surface area (Å²) in [4.78, 5) is 24.7. The lowest BCUT2D eigenvalue weighted by Gasteiger charge is -2.44. The zero-order chi connectivity index (χ0) is 26.0. The van der Waals surface area contributed by atoms with Gasteiger partial charge in [0.2, 0.25) is 5.82 Å². The van der Waals surface area contributed by atoms with Gasteiger partial charge < -0.3 is 14.5 Å². The number of carbonyl (C=O) groups excluding carboxylic acids is 1. The highest BCUT2D eigenvalue weighted by Gasteiger charge is 2.43. The molecule has 2 aromatic heterocycles. The molecule has 37 heavy (non-hydrogen) atoms. The van der Waals surface area contributed by atoms with Gasteiger partial charge in [-0.25, -0.2) is 18.4 Å². The Morgan fingerprint density at radius 1 is 1.14 bits per heavy atom. The molecule has 3 heterocycles. The number of halogens is 2. The topological polar surface area (TPSA) is 113 Å². The maximum atomic E-state index is 14.8. The smallest absolute Gasteiger partial charge is 0.316 e. The van der Waals surface area contributed by atoms with Crippen LogP contribution in [0.15, 0.2) is 65.7 Å². The zero-order valence-electron chi connectivity index (χ0n) is 20.0. The number of nitrogens with zero attached hydrogens (tertiary/aromatic N) is 7. The van der Waals surface area contributed by atoms with Crippen LogP contribution < -0.4 is 0 Å². The molecule has 0 spiro atoms. The highest BCUT2D eigenvalue weighted by molar-refractivity contribution is 5.90. The lowest BCUT2D eigenvalue weighted by molar-refractivity contribution is -0.0720. The predicted molar refractivity (Wildman–Crippen MR) is 127 cm³/mol. The summed E-state index contributed by atoms with van der Waals surface area (Å²) in [6.07, 6.45) is 2.74. The second-order valence-corrected chi connectivity index (χ2v) is 8.93. The summed E-state index contributed by atoms with van der Waals surface area (Å²) in [5.41, 5.74) is -1.06. The first-order valence-corrected chi connectivity index (χ1v) is 11.8. The molecule has 0 aliphatic carbocycles. The number of aliphatic hydroxyl groups is 1. The van der Waals surface area contributed by atoms with Gasteiger partial charge in [-0.1, -0.05) is 41.6 Å². The first-order chi connectivity index (χ1) is 17.8. The Morgan fingerprint density at radius 2 is 1.89 bits per heavy atom. The molecule has 5 rings (SSSR count). The van der Waals surface area contributed by atoms with E-state index in [9.17, 15) is 18.7 Å². The third kappa shape index (κ3) is 4.98. The largest absolute Gasteiger partial charge is 0.381 e. The Morgan fingerprint density at radius 3 is 2.57 bits per heavy atom. The molecule has 1 saturated heterocycles.